The third kappa shape index (κ3) is 5.94. The summed E-state index contributed by atoms with van der Waals surface area (Å²) in [6, 6.07) is 10.3. The fourth-order valence-corrected chi connectivity index (χ4v) is 2.51. The molecule has 2 rings (SSSR count). The Bertz CT molecular complexity index is 792. The standard InChI is InChI=1S/C20H22F2N2O4/c1-14(25)24(20-17(21)4-3-5-18(20)22)12-10-19(26)23-11-13-28-16-8-6-15(27-2)7-9-16/h3-9H,10-13H2,1-2H3,(H,23,26). The van der Waals surface area contributed by atoms with Crippen molar-refractivity contribution in [2.75, 3.05) is 31.7 Å². The van der Waals surface area contributed by atoms with Gasteiger partial charge in [-0.05, 0) is 36.4 Å². The summed E-state index contributed by atoms with van der Waals surface area (Å²) in [6.07, 6.45) is -0.101. The van der Waals surface area contributed by atoms with Gasteiger partial charge in [0.2, 0.25) is 11.8 Å². The summed E-state index contributed by atoms with van der Waals surface area (Å²) in [6.45, 7) is 1.54. The van der Waals surface area contributed by atoms with Gasteiger partial charge in [0.15, 0.2) is 0 Å². The number of amides is 2. The largest absolute Gasteiger partial charge is 0.497 e. The van der Waals surface area contributed by atoms with Gasteiger partial charge in [-0.25, -0.2) is 8.78 Å². The predicted octanol–water partition coefficient (Wildman–Crippen LogP) is 2.91. The number of methoxy groups -OCH3 is 1. The van der Waals surface area contributed by atoms with Gasteiger partial charge < -0.3 is 19.7 Å². The zero-order valence-electron chi connectivity index (χ0n) is 15.7. The molecule has 150 valence electrons. The van der Waals surface area contributed by atoms with Crippen molar-refractivity contribution < 1.29 is 27.8 Å². The number of para-hydroxylation sites is 1. The zero-order valence-corrected chi connectivity index (χ0v) is 15.7. The van der Waals surface area contributed by atoms with Crippen LogP contribution >= 0.6 is 0 Å². The van der Waals surface area contributed by atoms with Crippen molar-refractivity contribution in [1.29, 1.82) is 0 Å². The van der Waals surface area contributed by atoms with E-state index in [1.54, 1.807) is 31.4 Å². The van der Waals surface area contributed by atoms with Crippen molar-refractivity contribution in [3.63, 3.8) is 0 Å². The average molecular weight is 392 g/mol. The lowest BCUT2D eigenvalue weighted by Crippen LogP contribution is -2.36. The second-order valence-corrected chi connectivity index (χ2v) is 5.86. The van der Waals surface area contributed by atoms with Gasteiger partial charge in [-0.2, -0.15) is 0 Å². The van der Waals surface area contributed by atoms with Crippen LogP contribution in [0.5, 0.6) is 11.5 Å². The van der Waals surface area contributed by atoms with Crippen molar-refractivity contribution in [2.24, 2.45) is 0 Å². The van der Waals surface area contributed by atoms with Crippen LogP contribution in [0.2, 0.25) is 0 Å². The topological polar surface area (TPSA) is 67.9 Å². The number of rotatable bonds is 9. The van der Waals surface area contributed by atoms with E-state index in [4.69, 9.17) is 9.47 Å². The lowest BCUT2D eigenvalue weighted by atomic mass is 10.2. The SMILES string of the molecule is COc1ccc(OCCNC(=O)CCN(C(C)=O)c2c(F)cccc2F)cc1. The van der Waals surface area contributed by atoms with E-state index in [-0.39, 0.29) is 32.0 Å². The Hall–Kier alpha value is -3.16. The van der Waals surface area contributed by atoms with Crippen molar-refractivity contribution in [1.82, 2.24) is 5.32 Å². The quantitative estimate of drug-likeness (QED) is 0.667. The highest BCUT2D eigenvalue weighted by Gasteiger charge is 2.20. The van der Waals surface area contributed by atoms with E-state index < -0.39 is 23.2 Å². The number of hydrogen-bond donors (Lipinski definition) is 1. The molecular formula is C20H22F2N2O4. The molecule has 0 spiro atoms. The molecule has 8 heteroatoms. The lowest BCUT2D eigenvalue weighted by Gasteiger charge is -2.22. The fourth-order valence-electron chi connectivity index (χ4n) is 2.51. The Kier molecular flexibility index (Phi) is 7.74. The number of carbonyl (C=O) groups is 2. The monoisotopic (exact) mass is 392 g/mol. The summed E-state index contributed by atoms with van der Waals surface area (Å²) in [5, 5.41) is 2.64. The van der Waals surface area contributed by atoms with Gasteiger partial charge in [-0.3, -0.25) is 9.59 Å². The molecule has 0 bridgehead atoms. The molecule has 0 saturated heterocycles. The molecule has 1 N–H and O–H groups in total. The molecule has 0 aromatic heterocycles. The number of anilines is 1. The molecule has 28 heavy (non-hydrogen) atoms. The van der Waals surface area contributed by atoms with Crippen molar-refractivity contribution in [2.45, 2.75) is 13.3 Å². The molecule has 2 aromatic rings. The van der Waals surface area contributed by atoms with E-state index >= 15 is 0 Å². The molecule has 0 aliphatic heterocycles. The van der Waals surface area contributed by atoms with Crippen molar-refractivity contribution in [3.8, 4) is 11.5 Å². The molecule has 0 fully saturated rings. The third-order valence-corrected chi connectivity index (χ3v) is 3.90. The Labute approximate surface area is 162 Å². The number of hydrogen-bond acceptors (Lipinski definition) is 4. The first-order valence-electron chi connectivity index (χ1n) is 8.68. The molecule has 6 nitrogen and oxygen atoms in total. The minimum absolute atomic E-state index is 0.101. The molecule has 0 aliphatic carbocycles. The zero-order chi connectivity index (χ0) is 20.5. The number of halogens is 2. The number of benzene rings is 2. The van der Waals surface area contributed by atoms with E-state index in [1.165, 1.54) is 13.0 Å². The van der Waals surface area contributed by atoms with Crippen LogP contribution in [0.3, 0.4) is 0 Å². The van der Waals surface area contributed by atoms with Crippen LogP contribution in [-0.2, 0) is 9.59 Å². The second-order valence-electron chi connectivity index (χ2n) is 5.86. The Morgan fingerprint density at radius 1 is 1.04 bits per heavy atom. The molecular weight excluding hydrogens is 370 g/mol. The molecule has 0 saturated carbocycles. The van der Waals surface area contributed by atoms with E-state index in [9.17, 15) is 18.4 Å². The number of ether oxygens (including phenoxy) is 2. The van der Waals surface area contributed by atoms with Gasteiger partial charge in [-0.15, -0.1) is 0 Å². The first-order chi connectivity index (χ1) is 13.4. The van der Waals surface area contributed by atoms with Crippen LogP contribution in [0, 0.1) is 11.6 Å². The molecule has 2 aromatic carbocycles. The summed E-state index contributed by atoms with van der Waals surface area (Å²) in [5.74, 6) is -1.29. The highest BCUT2D eigenvalue weighted by Crippen LogP contribution is 2.23. The van der Waals surface area contributed by atoms with Gasteiger partial charge in [0.05, 0.1) is 13.7 Å². The van der Waals surface area contributed by atoms with Crippen LogP contribution in [0.4, 0.5) is 14.5 Å². The Morgan fingerprint density at radius 2 is 1.64 bits per heavy atom. The third-order valence-electron chi connectivity index (χ3n) is 3.90. The Morgan fingerprint density at radius 3 is 2.21 bits per heavy atom. The summed E-state index contributed by atoms with van der Waals surface area (Å²) in [4.78, 5) is 24.6. The first kappa shape index (κ1) is 21.1. The molecule has 0 atom stereocenters. The normalized spacial score (nSPS) is 10.3. The van der Waals surface area contributed by atoms with Crippen molar-refractivity contribution in [3.05, 3.63) is 54.1 Å². The molecule has 0 unspecified atom stereocenters. The predicted molar refractivity (Wildman–Crippen MR) is 101 cm³/mol. The fraction of sp³-hybridized carbons (Fsp3) is 0.300. The summed E-state index contributed by atoms with van der Waals surface area (Å²) < 4.78 is 38.3. The number of carbonyl (C=O) groups excluding carboxylic acids is 2. The Balaban J connectivity index is 1.79. The van der Waals surface area contributed by atoms with Gasteiger partial charge in [0.25, 0.3) is 0 Å². The van der Waals surface area contributed by atoms with Crippen LogP contribution in [0.15, 0.2) is 42.5 Å². The van der Waals surface area contributed by atoms with Crippen LogP contribution in [0.25, 0.3) is 0 Å². The molecule has 2 amide bonds. The van der Waals surface area contributed by atoms with Gasteiger partial charge in [-0.1, -0.05) is 6.07 Å². The van der Waals surface area contributed by atoms with Crippen LogP contribution < -0.4 is 19.7 Å². The summed E-state index contributed by atoms with van der Waals surface area (Å²) in [5.41, 5.74) is -0.453. The minimum Gasteiger partial charge on any atom is -0.497 e. The van der Waals surface area contributed by atoms with Gasteiger partial charge >= 0.3 is 0 Å². The van der Waals surface area contributed by atoms with Gasteiger partial charge in [0, 0.05) is 19.9 Å². The average Bonchev–Trinajstić information content (AvgIpc) is 2.67. The van der Waals surface area contributed by atoms with Crippen LogP contribution in [-0.4, -0.2) is 38.6 Å². The maximum absolute atomic E-state index is 13.9. The minimum atomic E-state index is -0.858. The number of nitrogens with one attached hydrogen (secondary N) is 1. The summed E-state index contributed by atoms with van der Waals surface area (Å²) in [7, 11) is 1.57. The molecule has 0 radical (unpaired) electrons. The first-order valence-corrected chi connectivity index (χ1v) is 8.68. The van der Waals surface area contributed by atoms with E-state index in [2.05, 4.69) is 5.32 Å². The highest BCUT2D eigenvalue weighted by molar-refractivity contribution is 5.92. The summed E-state index contributed by atoms with van der Waals surface area (Å²) >= 11 is 0. The van der Waals surface area contributed by atoms with Crippen LogP contribution in [0.1, 0.15) is 13.3 Å². The van der Waals surface area contributed by atoms with E-state index in [0.717, 1.165) is 17.0 Å². The number of nitrogens with zero attached hydrogens (tertiary/aromatic N) is 1. The maximum Gasteiger partial charge on any atom is 0.224 e. The van der Waals surface area contributed by atoms with Crippen molar-refractivity contribution >= 4 is 17.5 Å². The van der Waals surface area contributed by atoms with E-state index in [0.29, 0.717) is 11.5 Å². The lowest BCUT2D eigenvalue weighted by molar-refractivity contribution is -0.121. The maximum atomic E-state index is 13.9. The second kappa shape index (κ2) is 10.2. The smallest absolute Gasteiger partial charge is 0.224 e. The molecule has 0 heterocycles. The van der Waals surface area contributed by atoms with Gasteiger partial charge in [0.1, 0.15) is 35.4 Å². The molecule has 0 aliphatic rings. The van der Waals surface area contributed by atoms with E-state index in [1.807, 2.05) is 0 Å². The highest BCUT2D eigenvalue weighted by atomic mass is 19.1.